The first kappa shape index (κ1) is 32.0. The van der Waals surface area contributed by atoms with Crippen molar-refractivity contribution in [3.8, 4) is 22.9 Å². The molecule has 1 aliphatic rings. The number of hydrogen-bond donors (Lipinski definition) is 0. The normalized spacial score (nSPS) is 13.8. The summed E-state index contributed by atoms with van der Waals surface area (Å²) in [5.74, 6) is -0.712. The molecule has 10 nitrogen and oxygen atoms in total. The van der Waals surface area contributed by atoms with E-state index in [2.05, 4.69) is 19.9 Å². The first-order valence-corrected chi connectivity index (χ1v) is 16.3. The molecule has 236 valence electrons. The number of ether oxygens (including phenoxy) is 2. The molecule has 0 spiro atoms. The predicted molar refractivity (Wildman–Crippen MR) is 168 cm³/mol. The molecule has 1 saturated carbocycles. The molecule has 1 unspecified atom stereocenters. The second-order valence-corrected chi connectivity index (χ2v) is 13.4. The highest BCUT2D eigenvalue weighted by atomic mass is 32.2. The molecule has 2 aromatic heterocycles. The zero-order chi connectivity index (χ0) is 32.1. The zero-order valence-electron chi connectivity index (χ0n) is 25.7. The number of nitrogens with zero attached hydrogens (tertiary/aromatic N) is 5. The lowest BCUT2D eigenvalue weighted by molar-refractivity contribution is -0.120. The van der Waals surface area contributed by atoms with Crippen molar-refractivity contribution in [1.29, 1.82) is 0 Å². The van der Waals surface area contributed by atoms with Gasteiger partial charge in [-0.1, -0.05) is 38.1 Å². The van der Waals surface area contributed by atoms with Crippen molar-refractivity contribution in [3.05, 3.63) is 89.8 Å². The Morgan fingerprint density at radius 1 is 1.07 bits per heavy atom. The molecule has 0 N–H and O–H groups in total. The van der Waals surface area contributed by atoms with Gasteiger partial charge < -0.3 is 9.47 Å². The number of sulfonamides is 1. The Bertz CT molecular complexity index is 1760. The quantitative estimate of drug-likeness (QED) is 0.176. The molecule has 4 aromatic rings. The number of benzene rings is 2. The molecular formula is C33H36FN5O5S. The van der Waals surface area contributed by atoms with Gasteiger partial charge in [-0.2, -0.15) is 0 Å². The fourth-order valence-electron chi connectivity index (χ4n) is 5.10. The third-order valence-corrected chi connectivity index (χ3v) is 9.80. The van der Waals surface area contributed by atoms with E-state index < -0.39 is 27.0 Å². The zero-order valence-corrected chi connectivity index (χ0v) is 26.5. The van der Waals surface area contributed by atoms with E-state index in [1.807, 2.05) is 20.8 Å². The van der Waals surface area contributed by atoms with Gasteiger partial charge in [-0.15, -0.1) is 0 Å². The van der Waals surface area contributed by atoms with Crippen molar-refractivity contribution >= 4 is 21.8 Å². The highest BCUT2D eigenvalue weighted by molar-refractivity contribution is 7.93. The summed E-state index contributed by atoms with van der Waals surface area (Å²) in [4.78, 5) is 31.1. The summed E-state index contributed by atoms with van der Waals surface area (Å²) in [6.45, 7) is 6.05. The van der Waals surface area contributed by atoms with E-state index in [-0.39, 0.29) is 36.2 Å². The van der Waals surface area contributed by atoms with Crippen molar-refractivity contribution in [3.63, 3.8) is 0 Å². The Balaban J connectivity index is 1.40. The Morgan fingerprint density at radius 3 is 2.47 bits per heavy atom. The Hall–Kier alpha value is -4.45. The minimum atomic E-state index is -3.74. The fraction of sp³-hybridized carbons (Fsp3) is 0.364. The summed E-state index contributed by atoms with van der Waals surface area (Å²) in [6.07, 6.45) is 5.45. The summed E-state index contributed by atoms with van der Waals surface area (Å²) in [5, 5.41) is -0.496. The SMILES string of the molecule is CCOc1cncc(-c2ccc(CC(=O)C(c3ccnc(N(Cc4ccc(OC)cc4)S(=O)(=O)C4CC4)n3)C(C)C)c(F)c2)n1. The number of hydrogen-bond acceptors (Lipinski definition) is 9. The lowest BCUT2D eigenvalue weighted by Gasteiger charge is -2.25. The number of carbonyl (C=O) groups is 1. The molecule has 45 heavy (non-hydrogen) atoms. The van der Waals surface area contributed by atoms with E-state index in [0.717, 1.165) is 5.56 Å². The van der Waals surface area contributed by atoms with Gasteiger partial charge in [0.15, 0.2) is 0 Å². The average Bonchev–Trinajstić information content (AvgIpc) is 3.88. The second kappa shape index (κ2) is 13.7. The van der Waals surface area contributed by atoms with Crippen LogP contribution in [0.4, 0.5) is 10.3 Å². The minimum Gasteiger partial charge on any atom is -0.497 e. The number of rotatable bonds is 14. The molecule has 1 atom stereocenters. The van der Waals surface area contributed by atoms with Crippen LogP contribution in [0, 0.1) is 11.7 Å². The average molecular weight is 634 g/mol. The number of anilines is 1. The van der Waals surface area contributed by atoms with Gasteiger partial charge in [-0.05, 0) is 61.1 Å². The molecule has 1 fully saturated rings. The number of methoxy groups -OCH3 is 1. The lowest BCUT2D eigenvalue weighted by atomic mass is 9.85. The first-order chi connectivity index (χ1) is 21.6. The van der Waals surface area contributed by atoms with Crippen molar-refractivity contribution < 1.29 is 27.1 Å². The van der Waals surface area contributed by atoms with Crippen LogP contribution in [0.25, 0.3) is 11.3 Å². The Labute approximate surface area is 262 Å². The number of carbonyl (C=O) groups excluding carboxylic acids is 1. The van der Waals surface area contributed by atoms with E-state index in [1.54, 1.807) is 49.6 Å². The number of Topliss-reactive ketones (excluding diaryl/α,β-unsaturated/α-hetero) is 1. The molecule has 2 aromatic carbocycles. The van der Waals surface area contributed by atoms with Gasteiger partial charge in [0.05, 0.1) is 55.2 Å². The Morgan fingerprint density at radius 2 is 1.82 bits per heavy atom. The van der Waals surface area contributed by atoms with Gasteiger partial charge >= 0.3 is 0 Å². The maximum absolute atomic E-state index is 15.3. The topological polar surface area (TPSA) is 124 Å². The summed E-state index contributed by atoms with van der Waals surface area (Å²) in [7, 11) is -2.18. The lowest BCUT2D eigenvalue weighted by Crippen LogP contribution is -2.35. The molecule has 0 amide bonds. The van der Waals surface area contributed by atoms with Crippen molar-refractivity contribution in [1.82, 2.24) is 19.9 Å². The van der Waals surface area contributed by atoms with Crippen LogP contribution in [0.2, 0.25) is 0 Å². The smallest absolute Gasteiger partial charge is 0.240 e. The molecule has 1 aliphatic carbocycles. The van der Waals surface area contributed by atoms with Crippen LogP contribution in [-0.4, -0.2) is 53.1 Å². The van der Waals surface area contributed by atoms with Gasteiger partial charge in [0.1, 0.15) is 17.3 Å². The monoisotopic (exact) mass is 633 g/mol. The van der Waals surface area contributed by atoms with Crippen molar-refractivity contribution in [2.45, 2.75) is 57.7 Å². The maximum atomic E-state index is 15.3. The molecule has 0 saturated heterocycles. The van der Waals surface area contributed by atoms with Crippen molar-refractivity contribution in [2.75, 3.05) is 18.0 Å². The molecular weight excluding hydrogens is 597 g/mol. The highest BCUT2D eigenvalue weighted by Gasteiger charge is 2.41. The van der Waals surface area contributed by atoms with E-state index in [0.29, 0.717) is 48.0 Å². The van der Waals surface area contributed by atoms with E-state index in [1.165, 1.54) is 29.0 Å². The summed E-state index contributed by atoms with van der Waals surface area (Å²) in [6, 6.07) is 13.3. The van der Waals surface area contributed by atoms with E-state index in [4.69, 9.17) is 9.47 Å². The molecule has 2 heterocycles. The molecule has 0 bridgehead atoms. The van der Waals surface area contributed by atoms with Gasteiger partial charge in [0.25, 0.3) is 0 Å². The number of ketones is 1. The van der Waals surface area contributed by atoms with Gasteiger partial charge in [-0.3, -0.25) is 9.78 Å². The molecule has 12 heteroatoms. The third kappa shape index (κ3) is 7.44. The van der Waals surface area contributed by atoms with Crippen LogP contribution >= 0.6 is 0 Å². The predicted octanol–water partition coefficient (Wildman–Crippen LogP) is 5.53. The third-order valence-electron chi connectivity index (χ3n) is 7.58. The second-order valence-electron chi connectivity index (χ2n) is 11.2. The molecule has 0 radical (unpaired) electrons. The minimum absolute atomic E-state index is 0.000376. The fourth-order valence-corrected chi connectivity index (χ4v) is 6.84. The summed E-state index contributed by atoms with van der Waals surface area (Å²) in [5.41, 5.74) is 2.31. The van der Waals surface area contributed by atoms with Gasteiger partial charge in [-0.25, -0.2) is 32.1 Å². The summed E-state index contributed by atoms with van der Waals surface area (Å²) < 4.78 is 54.2. The van der Waals surface area contributed by atoms with Crippen molar-refractivity contribution in [2.24, 2.45) is 5.92 Å². The summed E-state index contributed by atoms with van der Waals surface area (Å²) >= 11 is 0. The van der Waals surface area contributed by atoms with Crippen LogP contribution in [-0.2, 0) is 27.8 Å². The number of halogens is 1. The van der Waals surface area contributed by atoms with Crippen LogP contribution in [0.1, 0.15) is 56.4 Å². The largest absolute Gasteiger partial charge is 0.497 e. The van der Waals surface area contributed by atoms with Crippen LogP contribution < -0.4 is 13.8 Å². The van der Waals surface area contributed by atoms with Gasteiger partial charge in [0.2, 0.25) is 21.9 Å². The molecule has 5 rings (SSSR count). The molecule has 0 aliphatic heterocycles. The maximum Gasteiger partial charge on any atom is 0.240 e. The Kier molecular flexibility index (Phi) is 9.71. The highest BCUT2D eigenvalue weighted by Crippen LogP contribution is 2.35. The number of aromatic nitrogens is 4. The van der Waals surface area contributed by atoms with E-state index >= 15 is 4.39 Å². The van der Waals surface area contributed by atoms with Crippen LogP contribution in [0.5, 0.6) is 11.6 Å². The first-order valence-electron chi connectivity index (χ1n) is 14.8. The standard InChI is InChI=1S/C33H36FN5O5S/c1-5-44-31-19-35-18-29(37-31)24-9-8-23(27(34)16-24)17-30(40)32(21(2)3)28-14-15-36-33(38-28)39(45(41,42)26-12-13-26)20-22-6-10-25(43-4)11-7-22/h6-11,14-16,18-19,21,26,32H,5,12-13,17,20H2,1-4H3. The van der Waals surface area contributed by atoms with E-state index in [9.17, 15) is 13.2 Å². The van der Waals surface area contributed by atoms with Crippen LogP contribution in [0.15, 0.2) is 67.1 Å². The van der Waals surface area contributed by atoms with Gasteiger partial charge in [0, 0.05) is 18.2 Å². The van der Waals surface area contributed by atoms with Crippen LogP contribution in [0.3, 0.4) is 0 Å².